The summed E-state index contributed by atoms with van der Waals surface area (Å²) in [6.07, 6.45) is 1.54. The van der Waals surface area contributed by atoms with Crippen LogP contribution in [0.4, 0.5) is 11.6 Å². The van der Waals surface area contributed by atoms with Crippen LogP contribution in [-0.4, -0.2) is 5.16 Å². The van der Waals surface area contributed by atoms with Crippen LogP contribution in [0.1, 0.15) is 0 Å². The number of hydrogen-bond acceptors (Lipinski definition) is 4. The summed E-state index contributed by atoms with van der Waals surface area (Å²) in [6.45, 7) is 0. The third kappa shape index (κ3) is 1.40. The standard InChI is InChI=1S/C9H8ClN3O/c10-7-2-1-5(3-8(7)11)6-4-13-14-9(6)12/h1-4H,11-12H2. The number of rotatable bonds is 1. The van der Waals surface area contributed by atoms with Gasteiger partial charge in [0.15, 0.2) is 0 Å². The zero-order chi connectivity index (χ0) is 10.1. The van der Waals surface area contributed by atoms with E-state index < -0.39 is 0 Å². The molecule has 1 heterocycles. The zero-order valence-electron chi connectivity index (χ0n) is 7.20. The first kappa shape index (κ1) is 8.90. The predicted octanol–water partition coefficient (Wildman–Crippen LogP) is 2.16. The molecule has 1 aromatic heterocycles. The van der Waals surface area contributed by atoms with Crippen molar-refractivity contribution >= 4 is 23.2 Å². The van der Waals surface area contributed by atoms with Gasteiger partial charge in [-0.05, 0) is 17.7 Å². The van der Waals surface area contributed by atoms with Gasteiger partial charge < -0.3 is 16.0 Å². The number of anilines is 2. The van der Waals surface area contributed by atoms with E-state index in [1.807, 2.05) is 6.07 Å². The highest BCUT2D eigenvalue weighted by atomic mass is 35.5. The van der Waals surface area contributed by atoms with Crippen molar-refractivity contribution in [2.24, 2.45) is 0 Å². The van der Waals surface area contributed by atoms with Gasteiger partial charge >= 0.3 is 0 Å². The summed E-state index contributed by atoms with van der Waals surface area (Å²) in [6, 6.07) is 5.24. The van der Waals surface area contributed by atoms with Crippen LogP contribution in [-0.2, 0) is 0 Å². The monoisotopic (exact) mass is 209 g/mol. The lowest BCUT2D eigenvalue weighted by atomic mass is 10.1. The molecule has 0 bridgehead atoms. The van der Waals surface area contributed by atoms with Crippen molar-refractivity contribution in [3.8, 4) is 11.1 Å². The molecule has 4 N–H and O–H groups in total. The average molecular weight is 210 g/mol. The van der Waals surface area contributed by atoms with Gasteiger partial charge in [0.05, 0.1) is 22.5 Å². The van der Waals surface area contributed by atoms with E-state index in [4.69, 9.17) is 27.6 Å². The van der Waals surface area contributed by atoms with E-state index in [9.17, 15) is 0 Å². The molecular weight excluding hydrogens is 202 g/mol. The van der Waals surface area contributed by atoms with E-state index in [0.29, 0.717) is 16.3 Å². The van der Waals surface area contributed by atoms with E-state index in [-0.39, 0.29) is 5.88 Å². The van der Waals surface area contributed by atoms with Crippen LogP contribution < -0.4 is 11.5 Å². The highest BCUT2D eigenvalue weighted by molar-refractivity contribution is 6.33. The van der Waals surface area contributed by atoms with Crippen molar-refractivity contribution in [3.05, 3.63) is 29.4 Å². The van der Waals surface area contributed by atoms with Crippen molar-refractivity contribution in [1.29, 1.82) is 0 Å². The molecule has 0 spiro atoms. The molecule has 5 heteroatoms. The van der Waals surface area contributed by atoms with Crippen molar-refractivity contribution in [1.82, 2.24) is 5.16 Å². The molecule has 0 atom stereocenters. The van der Waals surface area contributed by atoms with Gasteiger partial charge in [-0.1, -0.05) is 22.8 Å². The van der Waals surface area contributed by atoms with Crippen LogP contribution in [0.25, 0.3) is 11.1 Å². The van der Waals surface area contributed by atoms with Gasteiger partial charge in [-0.2, -0.15) is 0 Å². The molecule has 1 aromatic carbocycles. The molecule has 0 radical (unpaired) electrons. The van der Waals surface area contributed by atoms with E-state index in [1.165, 1.54) is 6.20 Å². The quantitative estimate of drug-likeness (QED) is 0.706. The predicted molar refractivity (Wildman–Crippen MR) is 55.8 cm³/mol. The number of nitrogen functional groups attached to an aromatic ring is 2. The molecule has 4 nitrogen and oxygen atoms in total. The molecule has 0 saturated carbocycles. The Morgan fingerprint density at radius 2 is 2.07 bits per heavy atom. The topological polar surface area (TPSA) is 78.1 Å². The zero-order valence-corrected chi connectivity index (χ0v) is 7.95. The minimum atomic E-state index is 0.270. The Morgan fingerprint density at radius 1 is 1.29 bits per heavy atom. The number of nitrogens with zero attached hydrogens (tertiary/aromatic N) is 1. The molecule has 0 aliphatic rings. The van der Waals surface area contributed by atoms with Crippen molar-refractivity contribution in [2.75, 3.05) is 11.5 Å². The molecule has 0 unspecified atom stereocenters. The van der Waals surface area contributed by atoms with Crippen molar-refractivity contribution in [3.63, 3.8) is 0 Å². The van der Waals surface area contributed by atoms with Crippen LogP contribution in [0.2, 0.25) is 5.02 Å². The van der Waals surface area contributed by atoms with Crippen molar-refractivity contribution < 1.29 is 4.52 Å². The lowest BCUT2D eigenvalue weighted by molar-refractivity contribution is 0.436. The Hall–Kier alpha value is -1.68. The van der Waals surface area contributed by atoms with Gasteiger partial charge in [-0.15, -0.1) is 0 Å². The molecule has 72 valence electrons. The van der Waals surface area contributed by atoms with Crippen LogP contribution >= 0.6 is 11.6 Å². The number of benzene rings is 1. The average Bonchev–Trinajstić information content (AvgIpc) is 2.57. The summed E-state index contributed by atoms with van der Waals surface area (Å²) >= 11 is 5.79. The van der Waals surface area contributed by atoms with Gasteiger partial charge in [0.25, 0.3) is 0 Å². The molecule has 2 aromatic rings. The molecule has 0 amide bonds. The maximum atomic E-state index is 5.79. The first-order chi connectivity index (χ1) is 6.68. The van der Waals surface area contributed by atoms with E-state index >= 15 is 0 Å². The maximum Gasteiger partial charge on any atom is 0.229 e. The summed E-state index contributed by atoms with van der Waals surface area (Å²) in [5, 5.41) is 4.09. The van der Waals surface area contributed by atoms with Gasteiger partial charge in [-0.25, -0.2) is 0 Å². The van der Waals surface area contributed by atoms with Gasteiger partial charge in [0.1, 0.15) is 0 Å². The summed E-state index contributed by atoms with van der Waals surface area (Å²) in [5.41, 5.74) is 13.3. The molecule has 2 rings (SSSR count). The second-order valence-electron chi connectivity index (χ2n) is 2.84. The van der Waals surface area contributed by atoms with Crippen LogP contribution in [0.3, 0.4) is 0 Å². The largest absolute Gasteiger partial charge is 0.398 e. The van der Waals surface area contributed by atoms with Crippen molar-refractivity contribution in [2.45, 2.75) is 0 Å². The Kier molecular flexibility index (Phi) is 2.05. The summed E-state index contributed by atoms with van der Waals surface area (Å²) in [7, 11) is 0. The normalized spacial score (nSPS) is 10.4. The Balaban J connectivity index is 2.53. The number of halogens is 1. The van der Waals surface area contributed by atoms with Gasteiger partial charge in [-0.3, -0.25) is 0 Å². The molecule has 0 saturated heterocycles. The Labute approximate surface area is 85.4 Å². The van der Waals surface area contributed by atoms with Gasteiger partial charge in [0, 0.05) is 0 Å². The van der Waals surface area contributed by atoms with E-state index in [1.54, 1.807) is 12.1 Å². The number of nitrogens with two attached hydrogens (primary N) is 2. The Bertz CT molecular complexity index is 467. The Morgan fingerprint density at radius 3 is 2.64 bits per heavy atom. The minimum absolute atomic E-state index is 0.270. The molecule has 0 fully saturated rings. The van der Waals surface area contributed by atoms with Crippen LogP contribution in [0.15, 0.2) is 28.9 Å². The highest BCUT2D eigenvalue weighted by Gasteiger charge is 2.07. The highest BCUT2D eigenvalue weighted by Crippen LogP contribution is 2.29. The maximum absolute atomic E-state index is 5.79. The number of aromatic nitrogens is 1. The summed E-state index contributed by atoms with van der Waals surface area (Å²) in [5.74, 6) is 0.270. The second-order valence-corrected chi connectivity index (χ2v) is 3.25. The number of hydrogen-bond donors (Lipinski definition) is 2. The van der Waals surface area contributed by atoms with E-state index in [0.717, 1.165) is 5.56 Å². The first-order valence-corrected chi connectivity index (χ1v) is 4.32. The summed E-state index contributed by atoms with van der Waals surface area (Å²) < 4.78 is 4.74. The molecule has 0 aliphatic heterocycles. The molecule has 14 heavy (non-hydrogen) atoms. The SMILES string of the molecule is Nc1cc(-c2cnoc2N)ccc1Cl. The third-order valence-corrected chi connectivity index (χ3v) is 2.25. The minimum Gasteiger partial charge on any atom is -0.398 e. The smallest absolute Gasteiger partial charge is 0.229 e. The molecule has 0 aliphatic carbocycles. The lowest BCUT2D eigenvalue weighted by Crippen LogP contribution is -1.89. The summed E-state index contributed by atoms with van der Waals surface area (Å²) in [4.78, 5) is 0. The third-order valence-electron chi connectivity index (χ3n) is 1.91. The fraction of sp³-hybridized carbons (Fsp3) is 0. The van der Waals surface area contributed by atoms with Crippen LogP contribution in [0, 0.1) is 0 Å². The van der Waals surface area contributed by atoms with Crippen LogP contribution in [0.5, 0.6) is 0 Å². The lowest BCUT2D eigenvalue weighted by Gasteiger charge is -2.01. The van der Waals surface area contributed by atoms with Gasteiger partial charge in [0.2, 0.25) is 5.88 Å². The van der Waals surface area contributed by atoms with E-state index in [2.05, 4.69) is 5.16 Å². The fourth-order valence-corrected chi connectivity index (χ4v) is 1.29. The fourth-order valence-electron chi connectivity index (χ4n) is 1.18. The molecular formula is C9H8ClN3O. The first-order valence-electron chi connectivity index (χ1n) is 3.94. The second kappa shape index (κ2) is 3.23.